The van der Waals surface area contributed by atoms with Crippen LogP contribution < -0.4 is 5.32 Å². The van der Waals surface area contributed by atoms with Crippen LogP contribution in [0.25, 0.3) is 11.3 Å². The van der Waals surface area contributed by atoms with Crippen molar-refractivity contribution in [2.24, 2.45) is 0 Å². The van der Waals surface area contributed by atoms with Crippen LogP contribution in [-0.2, 0) is 9.53 Å². The van der Waals surface area contributed by atoms with E-state index >= 15 is 0 Å². The molecule has 0 fully saturated rings. The second-order valence-electron chi connectivity index (χ2n) is 5.33. The van der Waals surface area contributed by atoms with Gasteiger partial charge in [-0.05, 0) is 30.3 Å². The largest absolute Gasteiger partial charge is 0.452 e. The number of hydrogen-bond donors (Lipinski definition) is 1. The number of anilines is 1. The first kappa shape index (κ1) is 19.8. The Morgan fingerprint density at radius 2 is 1.89 bits per heavy atom. The van der Waals surface area contributed by atoms with Gasteiger partial charge in [0.1, 0.15) is 0 Å². The van der Waals surface area contributed by atoms with Crippen LogP contribution in [0.5, 0.6) is 0 Å². The molecule has 0 radical (unpaired) electrons. The average molecular weight is 486 g/mol. The van der Waals surface area contributed by atoms with Crippen LogP contribution >= 0.6 is 50.5 Å². The van der Waals surface area contributed by atoms with Gasteiger partial charge in [0.25, 0.3) is 5.91 Å². The first-order valence-corrected chi connectivity index (χ1v) is 9.98. The van der Waals surface area contributed by atoms with Crippen LogP contribution in [0.4, 0.5) is 5.13 Å². The van der Waals surface area contributed by atoms with Gasteiger partial charge in [0.05, 0.1) is 11.3 Å². The second kappa shape index (κ2) is 8.84. The summed E-state index contributed by atoms with van der Waals surface area (Å²) in [4.78, 5) is 28.4. The fourth-order valence-corrected chi connectivity index (χ4v) is 3.81. The van der Waals surface area contributed by atoms with E-state index in [4.69, 9.17) is 27.9 Å². The summed E-state index contributed by atoms with van der Waals surface area (Å²) in [5.41, 5.74) is 1.83. The molecule has 0 saturated heterocycles. The standard InChI is InChI=1S/C18H11BrCl2N2O3S/c19-12-3-1-2-10(4-12)15-9-27-18(22-15)23-16(24)8-26-17(25)11-5-13(20)7-14(21)6-11/h1-7,9H,8H2,(H,22,23,24). The van der Waals surface area contributed by atoms with Crippen LogP contribution in [-0.4, -0.2) is 23.5 Å². The quantitative estimate of drug-likeness (QED) is 0.472. The molecule has 3 rings (SSSR count). The maximum Gasteiger partial charge on any atom is 0.338 e. The molecule has 0 atom stereocenters. The Hall–Kier alpha value is -1.93. The molecule has 1 N–H and O–H groups in total. The lowest BCUT2D eigenvalue weighted by molar-refractivity contribution is -0.119. The SMILES string of the molecule is O=C(COC(=O)c1cc(Cl)cc(Cl)c1)Nc1nc(-c2cccc(Br)c2)cs1. The van der Waals surface area contributed by atoms with Crippen LogP contribution in [0.1, 0.15) is 10.4 Å². The van der Waals surface area contributed by atoms with Crippen molar-refractivity contribution in [1.82, 2.24) is 4.98 Å². The number of amides is 1. The van der Waals surface area contributed by atoms with Gasteiger partial charge >= 0.3 is 5.97 Å². The number of nitrogens with zero attached hydrogens (tertiary/aromatic N) is 1. The first-order chi connectivity index (χ1) is 12.9. The molecule has 0 aliphatic rings. The second-order valence-corrected chi connectivity index (χ2v) is 7.98. The van der Waals surface area contributed by atoms with Gasteiger partial charge < -0.3 is 4.74 Å². The topological polar surface area (TPSA) is 68.3 Å². The van der Waals surface area contributed by atoms with Crippen LogP contribution in [0.15, 0.2) is 52.3 Å². The van der Waals surface area contributed by atoms with E-state index in [9.17, 15) is 9.59 Å². The van der Waals surface area contributed by atoms with E-state index in [1.165, 1.54) is 29.5 Å². The van der Waals surface area contributed by atoms with Gasteiger partial charge in [-0.15, -0.1) is 11.3 Å². The Kier molecular flexibility index (Phi) is 6.49. The van der Waals surface area contributed by atoms with Crippen LogP contribution in [0.3, 0.4) is 0 Å². The lowest BCUT2D eigenvalue weighted by Crippen LogP contribution is -2.20. The van der Waals surface area contributed by atoms with Crippen LogP contribution in [0, 0.1) is 0 Å². The minimum absolute atomic E-state index is 0.173. The van der Waals surface area contributed by atoms with E-state index in [0.717, 1.165) is 15.7 Å². The van der Waals surface area contributed by atoms with Crippen molar-refractivity contribution in [3.8, 4) is 11.3 Å². The highest BCUT2D eigenvalue weighted by Crippen LogP contribution is 2.27. The average Bonchev–Trinajstić information content (AvgIpc) is 3.07. The van der Waals surface area contributed by atoms with Crippen molar-refractivity contribution in [2.75, 3.05) is 11.9 Å². The Balaban J connectivity index is 1.57. The van der Waals surface area contributed by atoms with Gasteiger partial charge in [0.15, 0.2) is 11.7 Å². The highest BCUT2D eigenvalue weighted by Gasteiger charge is 2.13. The molecule has 0 aliphatic carbocycles. The normalized spacial score (nSPS) is 10.5. The minimum Gasteiger partial charge on any atom is -0.452 e. The molecule has 3 aromatic rings. The number of benzene rings is 2. The number of carbonyl (C=O) groups excluding carboxylic acids is 2. The van der Waals surface area contributed by atoms with Crippen molar-refractivity contribution >= 4 is 67.5 Å². The van der Waals surface area contributed by atoms with Gasteiger partial charge in [-0.25, -0.2) is 9.78 Å². The molecule has 1 aromatic heterocycles. The van der Waals surface area contributed by atoms with E-state index in [2.05, 4.69) is 26.2 Å². The molecule has 2 aromatic carbocycles. The number of esters is 1. The number of aromatic nitrogens is 1. The van der Waals surface area contributed by atoms with E-state index in [1.54, 1.807) is 0 Å². The van der Waals surface area contributed by atoms with Crippen LogP contribution in [0.2, 0.25) is 10.0 Å². The Labute approximate surface area is 177 Å². The molecule has 0 saturated carbocycles. The summed E-state index contributed by atoms with van der Waals surface area (Å²) < 4.78 is 5.92. The van der Waals surface area contributed by atoms with Gasteiger partial charge in [-0.1, -0.05) is 51.3 Å². The molecule has 9 heteroatoms. The van der Waals surface area contributed by atoms with Gasteiger partial charge in [0, 0.05) is 25.5 Å². The summed E-state index contributed by atoms with van der Waals surface area (Å²) in [6.07, 6.45) is 0. The molecule has 1 amide bonds. The summed E-state index contributed by atoms with van der Waals surface area (Å²) in [7, 11) is 0. The third-order valence-corrected chi connectivity index (χ3v) is 4.99. The number of carbonyl (C=O) groups is 2. The van der Waals surface area contributed by atoms with Gasteiger partial charge in [-0.3, -0.25) is 10.1 Å². The van der Waals surface area contributed by atoms with Gasteiger partial charge in [-0.2, -0.15) is 0 Å². The van der Waals surface area contributed by atoms with E-state index in [0.29, 0.717) is 15.2 Å². The Bertz CT molecular complexity index is 990. The molecule has 0 unspecified atom stereocenters. The highest BCUT2D eigenvalue weighted by molar-refractivity contribution is 9.10. The molecule has 1 heterocycles. The molecule has 0 spiro atoms. The smallest absolute Gasteiger partial charge is 0.338 e. The summed E-state index contributed by atoms with van der Waals surface area (Å²) in [5, 5.41) is 5.46. The number of hydrogen-bond acceptors (Lipinski definition) is 5. The maximum absolute atomic E-state index is 12.0. The van der Waals surface area contributed by atoms with Crippen molar-refractivity contribution in [2.45, 2.75) is 0 Å². The predicted octanol–water partition coefficient (Wildman–Crippen LogP) is 5.67. The summed E-state index contributed by atoms with van der Waals surface area (Å²) in [6.45, 7) is -0.450. The molecule has 5 nitrogen and oxygen atoms in total. The first-order valence-electron chi connectivity index (χ1n) is 7.55. The number of thiazole rings is 1. The number of ether oxygens (including phenoxy) is 1. The molecule has 138 valence electrons. The fraction of sp³-hybridized carbons (Fsp3) is 0.0556. The third kappa shape index (κ3) is 5.52. The third-order valence-electron chi connectivity index (χ3n) is 3.30. The Morgan fingerprint density at radius 3 is 2.59 bits per heavy atom. The lowest BCUT2D eigenvalue weighted by Gasteiger charge is -2.05. The zero-order valence-electron chi connectivity index (χ0n) is 13.5. The Morgan fingerprint density at radius 1 is 1.15 bits per heavy atom. The number of halogens is 3. The van der Waals surface area contributed by atoms with Crippen molar-refractivity contribution in [3.05, 3.63) is 67.9 Å². The fourth-order valence-electron chi connectivity index (χ4n) is 2.15. The lowest BCUT2D eigenvalue weighted by atomic mass is 10.2. The molecular weight excluding hydrogens is 475 g/mol. The van der Waals surface area contributed by atoms with E-state index in [-0.39, 0.29) is 5.56 Å². The van der Waals surface area contributed by atoms with E-state index in [1.807, 2.05) is 29.6 Å². The minimum atomic E-state index is -0.691. The van der Waals surface area contributed by atoms with Gasteiger partial charge in [0.2, 0.25) is 0 Å². The van der Waals surface area contributed by atoms with Crippen molar-refractivity contribution in [3.63, 3.8) is 0 Å². The summed E-state index contributed by atoms with van der Waals surface area (Å²) >= 11 is 16.4. The van der Waals surface area contributed by atoms with E-state index < -0.39 is 18.5 Å². The number of nitrogens with one attached hydrogen (secondary N) is 1. The summed E-state index contributed by atoms with van der Waals surface area (Å²) in [5.74, 6) is -1.19. The highest BCUT2D eigenvalue weighted by atomic mass is 79.9. The maximum atomic E-state index is 12.0. The molecule has 0 aliphatic heterocycles. The monoisotopic (exact) mass is 484 g/mol. The number of rotatable bonds is 5. The zero-order valence-corrected chi connectivity index (χ0v) is 17.5. The summed E-state index contributed by atoms with van der Waals surface area (Å²) in [6, 6.07) is 12.0. The molecular formula is C18H11BrCl2N2O3S. The van der Waals surface area contributed by atoms with Crippen molar-refractivity contribution in [1.29, 1.82) is 0 Å². The van der Waals surface area contributed by atoms with Crippen molar-refractivity contribution < 1.29 is 14.3 Å². The predicted molar refractivity (Wildman–Crippen MR) is 111 cm³/mol. The molecule has 0 bridgehead atoms. The molecule has 27 heavy (non-hydrogen) atoms. The zero-order chi connectivity index (χ0) is 19.4.